The maximum Gasteiger partial charge on any atom is 0.238 e. The molecule has 0 bridgehead atoms. The minimum atomic E-state index is -3.68. The number of methoxy groups -OCH3 is 1. The van der Waals surface area contributed by atoms with Crippen LogP contribution in [0.1, 0.15) is 12.0 Å². The molecule has 22 heavy (non-hydrogen) atoms. The number of primary sulfonamides is 1. The van der Waals surface area contributed by atoms with E-state index in [0.29, 0.717) is 19.1 Å². The monoisotopic (exact) mass is 442 g/mol. The summed E-state index contributed by atoms with van der Waals surface area (Å²) < 4.78 is 27.5. The van der Waals surface area contributed by atoms with Gasteiger partial charge < -0.3 is 15.4 Å². The summed E-state index contributed by atoms with van der Waals surface area (Å²) in [7, 11) is -0.346. The van der Waals surface area contributed by atoms with Crippen LogP contribution in [0.15, 0.2) is 34.2 Å². The summed E-state index contributed by atoms with van der Waals surface area (Å²) in [6, 6.07) is 6.49. The first kappa shape index (κ1) is 21.1. The van der Waals surface area contributed by atoms with Crippen molar-refractivity contribution in [2.24, 2.45) is 10.1 Å². The summed E-state index contributed by atoms with van der Waals surface area (Å²) in [6.07, 6.45) is 0.873. The number of benzene rings is 1. The average molecular weight is 442 g/mol. The van der Waals surface area contributed by atoms with Crippen molar-refractivity contribution >= 4 is 40.0 Å². The molecule has 9 heteroatoms. The summed E-state index contributed by atoms with van der Waals surface area (Å²) in [6.45, 7) is 1.87. The van der Waals surface area contributed by atoms with Crippen LogP contribution in [0, 0.1) is 0 Å². The number of nitrogens with zero attached hydrogens (tertiary/aromatic N) is 1. The van der Waals surface area contributed by atoms with E-state index in [1.807, 2.05) is 6.07 Å². The Kier molecular flexibility index (Phi) is 10.3. The molecular weight excluding hydrogens is 419 g/mol. The van der Waals surface area contributed by atoms with Gasteiger partial charge in [0, 0.05) is 33.9 Å². The lowest BCUT2D eigenvalue weighted by molar-refractivity contribution is 0.195. The highest BCUT2D eigenvalue weighted by atomic mass is 127. The first-order valence-corrected chi connectivity index (χ1v) is 8.07. The molecule has 0 atom stereocenters. The number of hydrogen-bond acceptors (Lipinski definition) is 4. The molecule has 0 aliphatic carbocycles. The molecule has 1 aromatic rings. The molecule has 1 aromatic carbocycles. The van der Waals surface area contributed by atoms with Crippen LogP contribution < -0.4 is 15.8 Å². The van der Waals surface area contributed by atoms with Crippen molar-refractivity contribution in [2.75, 3.05) is 27.3 Å². The molecule has 0 aromatic heterocycles. The first-order valence-electron chi connectivity index (χ1n) is 6.52. The zero-order valence-electron chi connectivity index (χ0n) is 12.7. The lowest BCUT2D eigenvalue weighted by Crippen LogP contribution is -2.37. The number of ether oxygens (including phenoxy) is 1. The Morgan fingerprint density at radius 2 is 2.09 bits per heavy atom. The molecule has 0 aliphatic rings. The summed E-state index contributed by atoms with van der Waals surface area (Å²) in [5.41, 5.74) is 0.807. The van der Waals surface area contributed by atoms with Crippen molar-refractivity contribution in [2.45, 2.75) is 17.9 Å². The summed E-state index contributed by atoms with van der Waals surface area (Å²) in [5.74, 6) is 0.645. The number of nitrogens with one attached hydrogen (secondary N) is 2. The molecule has 1 rings (SSSR count). The van der Waals surface area contributed by atoms with Crippen molar-refractivity contribution in [3.05, 3.63) is 29.8 Å². The minimum Gasteiger partial charge on any atom is -0.385 e. The fourth-order valence-electron chi connectivity index (χ4n) is 1.66. The third kappa shape index (κ3) is 7.92. The van der Waals surface area contributed by atoms with Gasteiger partial charge in [0.15, 0.2) is 5.96 Å². The molecule has 0 aliphatic heterocycles. The number of guanidine groups is 1. The summed E-state index contributed by atoms with van der Waals surface area (Å²) in [5, 5.41) is 11.3. The standard InChI is InChI=1S/C13H22N4O3S.HI/c1-15-13(16-7-4-8-20-2)17-10-11-5-3-6-12(9-11)21(14,18)19;/h3,5-6,9H,4,7-8,10H2,1-2H3,(H2,14,18,19)(H2,15,16,17);1H. The molecule has 0 heterocycles. The number of sulfonamides is 1. The Balaban J connectivity index is 0.00000441. The quantitative estimate of drug-likeness (QED) is 0.249. The van der Waals surface area contributed by atoms with Gasteiger partial charge in [-0.15, -0.1) is 24.0 Å². The van der Waals surface area contributed by atoms with Crippen LogP contribution in [0.4, 0.5) is 0 Å². The number of hydrogen-bond donors (Lipinski definition) is 3. The van der Waals surface area contributed by atoms with Gasteiger partial charge in [0.2, 0.25) is 10.0 Å². The average Bonchev–Trinajstić information content (AvgIpc) is 2.46. The second-order valence-corrected chi connectivity index (χ2v) is 5.95. The Labute approximate surface area is 148 Å². The van der Waals surface area contributed by atoms with E-state index in [0.717, 1.165) is 18.5 Å². The Morgan fingerprint density at radius 3 is 2.68 bits per heavy atom. The van der Waals surface area contributed by atoms with Gasteiger partial charge in [-0.25, -0.2) is 13.6 Å². The zero-order valence-corrected chi connectivity index (χ0v) is 15.9. The molecule has 0 unspecified atom stereocenters. The Bertz CT molecular complexity index is 578. The van der Waals surface area contributed by atoms with E-state index in [-0.39, 0.29) is 28.9 Å². The second-order valence-electron chi connectivity index (χ2n) is 4.39. The van der Waals surface area contributed by atoms with Crippen LogP contribution in [-0.4, -0.2) is 41.7 Å². The van der Waals surface area contributed by atoms with Gasteiger partial charge in [0.25, 0.3) is 0 Å². The smallest absolute Gasteiger partial charge is 0.238 e. The SMILES string of the molecule is CN=C(NCCCOC)NCc1cccc(S(N)(=O)=O)c1.I. The van der Waals surface area contributed by atoms with Gasteiger partial charge >= 0.3 is 0 Å². The van der Waals surface area contributed by atoms with E-state index in [2.05, 4.69) is 15.6 Å². The van der Waals surface area contributed by atoms with Crippen molar-refractivity contribution in [3.63, 3.8) is 0 Å². The number of halogens is 1. The van der Waals surface area contributed by atoms with E-state index in [4.69, 9.17) is 9.88 Å². The minimum absolute atomic E-state index is 0. The second kappa shape index (κ2) is 10.8. The third-order valence-electron chi connectivity index (χ3n) is 2.73. The fourth-order valence-corrected chi connectivity index (χ4v) is 2.25. The van der Waals surface area contributed by atoms with Gasteiger partial charge in [-0.3, -0.25) is 4.99 Å². The molecule has 4 N–H and O–H groups in total. The van der Waals surface area contributed by atoms with E-state index < -0.39 is 10.0 Å². The summed E-state index contributed by atoms with van der Waals surface area (Å²) in [4.78, 5) is 4.18. The van der Waals surface area contributed by atoms with E-state index in [9.17, 15) is 8.42 Å². The van der Waals surface area contributed by atoms with Crippen molar-refractivity contribution < 1.29 is 13.2 Å². The Morgan fingerprint density at radius 1 is 1.36 bits per heavy atom. The largest absolute Gasteiger partial charge is 0.385 e. The number of nitrogens with two attached hydrogens (primary N) is 1. The van der Waals surface area contributed by atoms with Crippen molar-refractivity contribution in [1.29, 1.82) is 0 Å². The van der Waals surface area contributed by atoms with Crippen LogP contribution >= 0.6 is 24.0 Å². The van der Waals surface area contributed by atoms with Crippen LogP contribution in [0.3, 0.4) is 0 Å². The maximum absolute atomic E-state index is 11.3. The normalized spacial score (nSPS) is 11.7. The Hall–Kier alpha value is -0.910. The number of rotatable bonds is 7. The summed E-state index contributed by atoms with van der Waals surface area (Å²) >= 11 is 0. The van der Waals surface area contributed by atoms with E-state index >= 15 is 0 Å². The molecule has 126 valence electrons. The van der Waals surface area contributed by atoms with Crippen LogP contribution in [-0.2, 0) is 21.3 Å². The van der Waals surface area contributed by atoms with E-state index in [1.54, 1.807) is 26.3 Å². The van der Waals surface area contributed by atoms with Crippen LogP contribution in [0.5, 0.6) is 0 Å². The lowest BCUT2D eigenvalue weighted by atomic mass is 10.2. The van der Waals surface area contributed by atoms with E-state index in [1.165, 1.54) is 6.07 Å². The van der Waals surface area contributed by atoms with Gasteiger partial charge in [-0.2, -0.15) is 0 Å². The molecular formula is C13H23IN4O3S. The van der Waals surface area contributed by atoms with Crippen molar-refractivity contribution in [3.8, 4) is 0 Å². The van der Waals surface area contributed by atoms with Gasteiger partial charge in [-0.05, 0) is 24.1 Å². The molecule has 0 amide bonds. The molecule has 0 saturated carbocycles. The lowest BCUT2D eigenvalue weighted by Gasteiger charge is -2.12. The molecule has 0 radical (unpaired) electrons. The first-order chi connectivity index (χ1) is 9.97. The highest BCUT2D eigenvalue weighted by molar-refractivity contribution is 14.0. The highest BCUT2D eigenvalue weighted by Crippen LogP contribution is 2.09. The molecule has 0 spiro atoms. The predicted molar refractivity (Wildman–Crippen MR) is 97.9 cm³/mol. The maximum atomic E-state index is 11.3. The van der Waals surface area contributed by atoms with Crippen LogP contribution in [0.25, 0.3) is 0 Å². The van der Waals surface area contributed by atoms with Crippen LogP contribution in [0.2, 0.25) is 0 Å². The molecule has 7 nitrogen and oxygen atoms in total. The van der Waals surface area contributed by atoms with Gasteiger partial charge in [0.05, 0.1) is 4.90 Å². The number of aliphatic imine (C=N–C) groups is 1. The zero-order chi connectivity index (χ0) is 15.7. The topological polar surface area (TPSA) is 106 Å². The molecule has 0 saturated heterocycles. The van der Waals surface area contributed by atoms with Gasteiger partial charge in [-0.1, -0.05) is 12.1 Å². The van der Waals surface area contributed by atoms with Crippen molar-refractivity contribution in [1.82, 2.24) is 10.6 Å². The highest BCUT2D eigenvalue weighted by Gasteiger charge is 2.08. The fraction of sp³-hybridized carbons (Fsp3) is 0.462. The molecule has 0 fully saturated rings. The predicted octanol–water partition coefficient (Wildman–Crippen LogP) is 0.654. The van der Waals surface area contributed by atoms with Gasteiger partial charge in [0.1, 0.15) is 0 Å². The third-order valence-corrected chi connectivity index (χ3v) is 3.64.